The number of halogens is 2. The summed E-state index contributed by atoms with van der Waals surface area (Å²) in [5, 5.41) is 0. The summed E-state index contributed by atoms with van der Waals surface area (Å²) < 4.78 is 52.0. The highest BCUT2D eigenvalue weighted by molar-refractivity contribution is 7.84. The predicted octanol–water partition coefficient (Wildman–Crippen LogP) is 4.78. The fraction of sp³-hybridized carbons (Fsp3) is 0.696. The van der Waals surface area contributed by atoms with Gasteiger partial charge in [0.15, 0.2) is 0 Å². The highest BCUT2D eigenvalue weighted by atomic mass is 32.2. The molecule has 2 rings (SSSR count). The van der Waals surface area contributed by atoms with Crippen molar-refractivity contribution in [3.63, 3.8) is 0 Å². The average Bonchev–Trinajstić information content (AvgIpc) is 2.73. The van der Waals surface area contributed by atoms with Crippen molar-refractivity contribution in [3.05, 3.63) is 29.8 Å². The van der Waals surface area contributed by atoms with Crippen LogP contribution in [0, 0.1) is 0 Å². The first kappa shape index (κ1) is 25.7. The minimum atomic E-state index is -3.80. The number of unbranched alkanes of at least 4 members (excludes halogenated alkanes) is 1. The van der Waals surface area contributed by atoms with Crippen molar-refractivity contribution in [1.82, 2.24) is 9.62 Å². The smallest absolute Gasteiger partial charge is 0.347 e. The number of alkyl halides is 2. The van der Waals surface area contributed by atoms with Gasteiger partial charge in [-0.15, -0.1) is 0 Å². The standard InChI is InChI=1S/C23H36F2N2O3S/c1-6-7-17-30-19-13-11-18(12-14-19)22(5,26-31(29)21(2,3)4)23(24,25)20(28)27-15-9-8-10-16-27/h11-14,26H,6-10,15-17H2,1-5H3. The lowest BCUT2D eigenvalue weighted by atomic mass is 9.85. The van der Waals surface area contributed by atoms with Crippen LogP contribution in [-0.4, -0.2) is 45.4 Å². The van der Waals surface area contributed by atoms with Crippen LogP contribution >= 0.6 is 0 Å². The fourth-order valence-electron chi connectivity index (χ4n) is 3.37. The number of rotatable bonds is 9. The number of hydrogen-bond donors (Lipinski definition) is 1. The van der Waals surface area contributed by atoms with E-state index in [-0.39, 0.29) is 5.56 Å². The summed E-state index contributed by atoms with van der Waals surface area (Å²) in [6.45, 7) is 9.59. The molecule has 0 spiro atoms. The van der Waals surface area contributed by atoms with Crippen LogP contribution in [-0.2, 0) is 21.3 Å². The lowest BCUT2D eigenvalue weighted by Gasteiger charge is -2.41. The minimum Gasteiger partial charge on any atom is -0.494 e. The van der Waals surface area contributed by atoms with Crippen molar-refractivity contribution in [3.8, 4) is 5.75 Å². The Morgan fingerprint density at radius 3 is 2.19 bits per heavy atom. The maximum atomic E-state index is 15.8. The molecule has 1 heterocycles. The molecule has 1 amide bonds. The molecule has 0 bridgehead atoms. The second-order valence-electron chi connectivity index (χ2n) is 9.26. The lowest BCUT2D eigenvalue weighted by Crippen LogP contribution is -2.63. The molecule has 1 aliphatic rings. The van der Waals surface area contributed by atoms with Gasteiger partial charge in [0.05, 0.1) is 22.3 Å². The summed E-state index contributed by atoms with van der Waals surface area (Å²) in [5.41, 5.74) is -1.97. The van der Waals surface area contributed by atoms with E-state index < -0.39 is 33.1 Å². The molecule has 1 N–H and O–H groups in total. The Balaban J connectivity index is 2.40. The molecule has 5 nitrogen and oxygen atoms in total. The third-order valence-electron chi connectivity index (χ3n) is 5.59. The summed E-state index contributed by atoms with van der Waals surface area (Å²) in [7, 11) is -1.82. The maximum absolute atomic E-state index is 15.8. The number of likely N-dealkylation sites (tertiary alicyclic amines) is 1. The number of carbonyl (C=O) groups is 1. The highest BCUT2D eigenvalue weighted by Gasteiger charge is 2.59. The summed E-state index contributed by atoms with van der Waals surface area (Å²) in [4.78, 5) is 14.2. The molecule has 1 aromatic carbocycles. The molecule has 0 aliphatic carbocycles. The van der Waals surface area contributed by atoms with Crippen LogP contribution in [0.15, 0.2) is 24.3 Å². The highest BCUT2D eigenvalue weighted by Crippen LogP contribution is 2.41. The van der Waals surface area contributed by atoms with Gasteiger partial charge >= 0.3 is 5.92 Å². The van der Waals surface area contributed by atoms with E-state index in [1.807, 2.05) is 0 Å². The summed E-state index contributed by atoms with van der Waals surface area (Å²) >= 11 is 0. The first-order chi connectivity index (χ1) is 14.4. The van der Waals surface area contributed by atoms with Crippen LogP contribution in [0.3, 0.4) is 0 Å². The fourth-order valence-corrected chi connectivity index (χ4v) is 4.29. The largest absolute Gasteiger partial charge is 0.494 e. The van der Waals surface area contributed by atoms with Crippen LogP contribution in [0.25, 0.3) is 0 Å². The van der Waals surface area contributed by atoms with Crippen molar-refractivity contribution < 1.29 is 22.5 Å². The Morgan fingerprint density at radius 2 is 1.68 bits per heavy atom. The summed E-state index contributed by atoms with van der Waals surface area (Å²) in [6.07, 6.45) is 4.24. The SMILES string of the molecule is CCCCOc1ccc(C(C)(NS(=O)C(C)(C)C)C(F)(F)C(=O)N2CCCCC2)cc1. The molecule has 1 aliphatic heterocycles. The molecule has 176 valence electrons. The maximum Gasteiger partial charge on any atom is 0.347 e. The Morgan fingerprint density at radius 1 is 1.10 bits per heavy atom. The van der Waals surface area contributed by atoms with Crippen LogP contribution < -0.4 is 9.46 Å². The topological polar surface area (TPSA) is 58.6 Å². The number of amides is 1. The molecule has 1 fully saturated rings. The normalized spacial score (nSPS) is 18.4. The Labute approximate surface area is 187 Å². The zero-order valence-electron chi connectivity index (χ0n) is 19.3. The summed E-state index contributed by atoms with van der Waals surface area (Å²) in [6, 6.07) is 6.27. The second kappa shape index (κ2) is 10.4. The second-order valence-corrected chi connectivity index (χ2v) is 11.2. The molecule has 2 atom stereocenters. The number of benzene rings is 1. The molecule has 1 saturated heterocycles. The lowest BCUT2D eigenvalue weighted by molar-refractivity contribution is -0.170. The van der Waals surface area contributed by atoms with E-state index >= 15 is 8.78 Å². The molecule has 1 aromatic rings. The number of nitrogens with one attached hydrogen (secondary N) is 1. The zero-order valence-corrected chi connectivity index (χ0v) is 20.1. The van der Waals surface area contributed by atoms with E-state index in [0.717, 1.165) is 19.3 Å². The number of ether oxygens (including phenoxy) is 1. The van der Waals surface area contributed by atoms with Gasteiger partial charge in [0, 0.05) is 13.1 Å². The number of hydrogen-bond acceptors (Lipinski definition) is 3. The Hall–Kier alpha value is -1.54. The van der Waals surface area contributed by atoms with Gasteiger partial charge in [0.1, 0.15) is 11.3 Å². The molecule has 8 heteroatoms. The van der Waals surface area contributed by atoms with Gasteiger partial charge in [-0.1, -0.05) is 25.5 Å². The van der Waals surface area contributed by atoms with E-state index in [9.17, 15) is 9.00 Å². The van der Waals surface area contributed by atoms with Crippen molar-refractivity contribution in [1.29, 1.82) is 0 Å². The molecule has 2 unspecified atom stereocenters. The molecule has 31 heavy (non-hydrogen) atoms. The van der Waals surface area contributed by atoms with Crippen LogP contribution in [0.5, 0.6) is 5.75 Å². The van der Waals surface area contributed by atoms with Gasteiger partial charge in [-0.25, -0.2) is 8.93 Å². The van der Waals surface area contributed by atoms with Crippen molar-refractivity contribution in [2.24, 2.45) is 0 Å². The first-order valence-corrected chi connectivity index (χ1v) is 12.2. The molecular weight excluding hydrogens is 422 g/mol. The van der Waals surface area contributed by atoms with Gasteiger partial charge in [0.25, 0.3) is 5.91 Å². The molecule has 0 radical (unpaired) electrons. The quantitative estimate of drug-likeness (QED) is 0.542. The van der Waals surface area contributed by atoms with E-state index in [1.165, 1.54) is 24.0 Å². The van der Waals surface area contributed by atoms with E-state index in [1.54, 1.807) is 32.9 Å². The average molecular weight is 459 g/mol. The van der Waals surface area contributed by atoms with Crippen molar-refractivity contribution in [2.45, 2.75) is 82.9 Å². The van der Waals surface area contributed by atoms with Gasteiger partial charge in [0.2, 0.25) is 0 Å². The third-order valence-corrected chi connectivity index (χ3v) is 7.30. The monoisotopic (exact) mass is 458 g/mol. The minimum absolute atomic E-state index is 0.184. The van der Waals surface area contributed by atoms with E-state index in [0.29, 0.717) is 38.3 Å². The zero-order chi connectivity index (χ0) is 23.3. The van der Waals surface area contributed by atoms with Gasteiger partial charge < -0.3 is 9.64 Å². The number of nitrogens with zero attached hydrogens (tertiary/aromatic N) is 1. The van der Waals surface area contributed by atoms with Gasteiger partial charge in [-0.2, -0.15) is 8.78 Å². The van der Waals surface area contributed by atoms with Crippen LogP contribution in [0.4, 0.5) is 8.78 Å². The van der Waals surface area contributed by atoms with E-state index in [4.69, 9.17) is 4.74 Å². The predicted molar refractivity (Wildman–Crippen MR) is 121 cm³/mol. The molecular formula is C23H36F2N2O3S. The van der Waals surface area contributed by atoms with Gasteiger partial charge in [-0.3, -0.25) is 4.79 Å². The number of carbonyl (C=O) groups excluding carboxylic acids is 1. The van der Waals surface area contributed by atoms with Crippen LogP contribution in [0.1, 0.15) is 72.3 Å². The van der Waals surface area contributed by atoms with E-state index in [2.05, 4.69) is 11.6 Å². The summed E-state index contributed by atoms with van der Waals surface area (Å²) in [5.74, 6) is -4.45. The molecule has 0 aromatic heterocycles. The van der Waals surface area contributed by atoms with Gasteiger partial charge in [-0.05, 0) is 71.1 Å². The third kappa shape index (κ3) is 6.04. The Kier molecular flexibility index (Phi) is 8.62. The Bertz CT molecular complexity index is 759. The van der Waals surface area contributed by atoms with Crippen molar-refractivity contribution in [2.75, 3.05) is 19.7 Å². The number of piperidine rings is 1. The molecule has 0 saturated carbocycles. The van der Waals surface area contributed by atoms with Crippen LogP contribution in [0.2, 0.25) is 0 Å². The first-order valence-electron chi connectivity index (χ1n) is 11.0. The van der Waals surface area contributed by atoms with Crippen molar-refractivity contribution >= 4 is 16.9 Å².